The van der Waals surface area contributed by atoms with E-state index in [1.165, 1.54) is 17.4 Å². The van der Waals surface area contributed by atoms with Crippen LogP contribution < -0.4 is 10.2 Å². The van der Waals surface area contributed by atoms with Crippen LogP contribution in [-0.2, 0) is 9.59 Å². The average molecular weight is 399 g/mol. The summed E-state index contributed by atoms with van der Waals surface area (Å²) in [5.41, 5.74) is 1.62. The topological polar surface area (TPSA) is 62.3 Å². The van der Waals surface area contributed by atoms with E-state index in [0.29, 0.717) is 22.9 Å². The van der Waals surface area contributed by atoms with E-state index in [0.717, 1.165) is 17.8 Å². The van der Waals surface area contributed by atoms with Crippen LogP contribution in [0.25, 0.3) is 11.3 Å². The highest BCUT2D eigenvalue weighted by Crippen LogP contribution is 2.29. The molecule has 1 saturated heterocycles. The fraction of sp³-hybridized carbons (Fsp3) is 0.150. The number of rotatable bonds is 4. The summed E-state index contributed by atoms with van der Waals surface area (Å²) < 4.78 is 26.5. The molecule has 1 aliphatic heterocycles. The number of aromatic nitrogens is 1. The van der Waals surface area contributed by atoms with Crippen molar-refractivity contribution >= 4 is 34.0 Å². The number of anilines is 2. The Hall–Kier alpha value is -3.13. The van der Waals surface area contributed by atoms with Crippen molar-refractivity contribution in [2.24, 2.45) is 5.92 Å². The predicted octanol–water partition coefficient (Wildman–Crippen LogP) is 4.08. The van der Waals surface area contributed by atoms with Crippen molar-refractivity contribution in [2.75, 3.05) is 16.8 Å². The Morgan fingerprint density at radius 1 is 1.14 bits per heavy atom. The zero-order chi connectivity index (χ0) is 19.7. The quantitative estimate of drug-likeness (QED) is 0.719. The van der Waals surface area contributed by atoms with E-state index in [1.807, 2.05) is 30.3 Å². The van der Waals surface area contributed by atoms with Crippen LogP contribution in [0.2, 0.25) is 0 Å². The van der Waals surface area contributed by atoms with Gasteiger partial charge in [0.1, 0.15) is 0 Å². The molecule has 142 valence electrons. The summed E-state index contributed by atoms with van der Waals surface area (Å²) in [6.07, 6.45) is 0.127. The number of nitrogens with one attached hydrogen (secondary N) is 1. The zero-order valence-corrected chi connectivity index (χ0v) is 15.4. The van der Waals surface area contributed by atoms with Crippen molar-refractivity contribution in [3.8, 4) is 11.3 Å². The maximum atomic E-state index is 13.4. The van der Waals surface area contributed by atoms with Crippen molar-refractivity contribution in [1.82, 2.24) is 4.98 Å². The first-order valence-electron chi connectivity index (χ1n) is 8.58. The minimum atomic E-state index is -0.957. The predicted molar refractivity (Wildman–Crippen MR) is 103 cm³/mol. The highest BCUT2D eigenvalue weighted by molar-refractivity contribution is 7.14. The maximum Gasteiger partial charge on any atom is 0.231 e. The van der Waals surface area contributed by atoms with Gasteiger partial charge < -0.3 is 10.2 Å². The zero-order valence-electron chi connectivity index (χ0n) is 14.6. The van der Waals surface area contributed by atoms with E-state index in [2.05, 4.69) is 10.3 Å². The summed E-state index contributed by atoms with van der Waals surface area (Å²) in [7, 11) is 0. The molecule has 1 atom stereocenters. The Labute approximate surface area is 163 Å². The first kappa shape index (κ1) is 18.2. The third-order valence-electron chi connectivity index (χ3n) is 4.51. The van der Waals surface area contributed by atoms with Gasteiger partial charge in [-0.15, -0.1) is 11.3 Å². The molecule has 8 heteroatoms. The lowest BCUT2D eigenvalue weighted by Gasteiger charge is -2.16. The van der Waals surface area contributed by atoms with Gasteiger partial charge in [0, 0.05) is 29.6 Å². The molecule has 28 heavy (non-hydrogen) atoms. The molecule has 1 N–H and O–H groups in total. The van der Waals surface area contributed by atoms with Gasteiger partial charge in [-0.3, -0.25) is 9.59 Å². The Bertz CT molecular complexity index is 1040. The molecule has 3 aromatic rings. The van der Waals surface area contributed by atoms with Gasteiger partial charge >= 0.3 is 0 Å². The standard InChI is InChI=1S/C20H15F2N3O2S/c21-15-7-6-12(8-16(15)22)17-11-28-20(23-17)24-19(27)13-9-18(26)25(10-13)14-4-2-1-3-5-14/h1-8,11,13H,9-10H2,(H,23,24,27). The first-order valence-corrected chi connectivity index (χ1v) is 9.46. The monoisotopic (exact) mass is 399 g/mol. The molecule has 1 aliphatic rings. The van der Waals surface area contributed by atoms with E-state index in [9.17, 15) is 18.4 Å². The number of thiazole rings is 1. The Morgan fingerprint density at radius 2 is 1.93 bits per heavy atom. The maximum absolute atomic E-state index is 13.4. The highest BCUT2D eigenvalue weighted by atomic mass is 32.1. The van der Waals surface area contributed by atoms with Gasteiger partial charge in [0.15, 0.2) is 16.8 Å². The van der Waals surface area contributed by atoms with Gasteiger partial charge in [-0.2, -0.15) is 0 Å². The van der Waals surface area contributed by atoms with Crippen LogP contribution in [-0.4, -0.2) is 23.3 Å². The normalized spacial score (nSPS) is 16.4. The van der Waals surface area contributed by atoms with E-state index in [-0.39, 0.29) is 18.2 Å². The molecule has 1 aromatic heterocycles. The molecule has 5 nitrogen and oxygen atoms in total. The lowest BCUT2D eigenvalue weighted by molar-refractivity contribution is -0.122. The lowest BCUT2D eigenvalue weighted by atomic mass is 10.1. The van der Waals surface area contributed by atoms with Crippen LogP contribution in [0.15, 0.2) is 53.9 Å². The SMILES string of the molecule is O=C(Nc1nc(-c2ccc(F)c(F)c2)cs1)C1CC(=O)N(c2ccccc2)C1. The Morgan fingerprint density at radius 3 is 2.68 bits per heavy atom. The number of carbonyl (C=O) groups excluding carboxylic acids is 2. The van der Waals surface area contributed by atoms with Gasteiger partial charge in [0.05, 0.1) is 11.6 Å². The number of hydrogen-bond acceptors (Lipinski definition) is 4. The molecule has 2 amide bonds. The number of nitrogens with zero attached hydrogens (tertiary/aromatic N) is 2. The Balaban J connectivity index is 1.44. The van der Waals surface area contributed by atoms with Crippen LogP contribution in [0.1, 0.15) is 6.42 Å². The second-order valence-electron chi connectivity index (χ2n) is 6.40. The van der Waals surface area contributed by atoms with Crippen molar-refractivity contribution in [1.29, 1.82) is 0 Å². The summed E-state index contributed by atoms with van der Waals surface area (Å²) in [6.45, 7) is 0.302. The Kier molecular flexibility index (Phi) is 4.87. The van der Waals surface area contributed by atoms with Crippen molar-refractivity contribution < 1.29 is 18.4 Å². The summed E-state index contributed by atoms with van der Waals surface area (Å²) in [5, 5.41) is 4.71. The third kappa shape index (κ3) is 3.63. The van der Waals surface area contributed by atoms with Crippen molar-refractivity contribution in [3.05, 3.63) is 65.5 Å². The molecule has 1 unspecified atom stereocenters. The number of hydrogen-bond donors (Lipinski definition) is 1. The molecule has 0 spiro atoms. The fourth-order valence-electron chi connectivity index (χ4n) is 3.07. The lowest BCUT2D eigenvalue weighted by Crippen LogP contribution is -2.28. The van der Waals surface area contributed by atoms with Crippen LogP contribution in [0.3, 0.4) is 0 Å². The first-order chi connectivity index (χ1) is 13.5. The van der Waals surface area contributed by atoms with Gasteiger partial charge in [0.2, 0.25) is 11.8 Å². The number of carbonyl (C=O) groups is 2. The molecule has 2 aromatic carbocycles. The molecule has 0 radical (unpaired) electrons. The minimum Gasteiger partial charge on any atom is -0.312 e. The molecule has 4 rings (SSSR count). The second-order valence-corrected chi connectivity index (χ2v) is 7.26. The highest BCUT2D eigenvalue weighted by Gasteiger charge is 2.35. The fourth-order valence-corrected chi connectivity index (χ4v) is 3.79. The van der Waals surface area contributed by atoms with Gasteiger partial charge in [-0.25, -0.2) is 13.8 Å². The second kappa shape index (κ2) is 7.47. The molecular formula is C20H15F2N3O2S. The molecule has 0 aliphatic carbocycles. The molecule has 1 fully saturated rings. The molecule has 0 saturated carbocycles. The van der Waals surface area contributed by atoms with E-state index >= 15 is 0 Å². The van der Waals surface area contributed by atoms with Gasteiger partial charge in [-0.1, -0.05) is 18.2 Å². The molecular weight excluding hydrogens is 384 g/mol. The van der Waals surface area contributed by atoms with Crippen LogP contribution in [0, 0.1) is 17.6 Å². The number of benzene rings is 2. The third-order valence-corrected chi connectivity index (χ3v) is 5.27. The van der Waals surface area contributed by atoms with Crippen LogP contribution >= 0.6 is 11.3 Å². The summed E-state index contributed by atoms with van der Waals surface area (Å²) in [4.78, 5) is 30.7. The van der Waals surface area contributed by atoms with E-state index < -0.39 is 17.6 Å². The van der Waals surface area contributed by atoms with E-state index in [1.54, 1.807) is 10.3 Å². The summed E-state index contributed by atoms with van der Waals surface area (Å²) in [5.74, 6) is -2.77. The summed E-state index contributed by atoms with van der Waals surface area (Å²) >= 11 is 1.18. The number of para-hydroxylation sites is 1. The van der Waals surface area contributed by atoms with Crippen molar-refractivity contribution in [3.63, 3.8) is 0 Å². The smallest absolute Gasteiger partial charge is 0.231 e. The van der Waals surface area contributed by atoms with Gasteiger partial charge in [0.25, 0.3) is 0 Å². The molecule has 2 heterocycles. The van der Waals surface area contributed by atoms with Crippen molar-refractivity contribution in [2.45, 2.75) is 6.42 Å². The number of halogens is 2. The molecule has 0 bridgehead atoms. The van der Waals surface area contributed by atoms with Gasteiger partial charge in [-0.05, 0) is 30.3 Å². The van der Waals surface area contributed by atoms with E-state index in [4.69, 9.17) is 0 Å². The summed E-state index contributed by atoms with van der Waals surface area (Å²) in [6, 6.07) is 12.7. The number of amides is 2. The van der Waals surface area contributed by atoms with Crippen LogP contribution in [0.5, 0.6) is 0 Å². The minimum absolute atomic E-state index is 0.104. The average Bonchev–Trinajstić information content (AvgIpc) is 3.31. The largest absolute Gasteiger partial charge is 0.312 e. The van der Waals surface area contributed by atoms with Crippen LogP contribution in [0.4, 0.5) is 19.6 Å².